The monoisotopic (exact) mass is 242 g/mol. The molecule has 5 nitrogen and oxygen atoms in total. The van der Waals surface area contributed by atoms with Crippen molar-refractivity contribution in [2.45, 2.75) is 51.5 Å². The minimum Gasteiger partial charge on any atom is -0.444 e. The fraction of sp³-hybridized carbons (Fsp3) is 0.917. The molecule has 0 aromatic heterocycles. The van der Waals surface area contributed by atoms with E-state index in [4.69, 9.17) is 9.47 Å². The van der Waals surface area contributed by atoms with Crippen LogP contribution >= 0.6 is 0 Å². The van der Waals surface area contributed by atoms with Crippen LogP contribution in [0.5, 0.6) is 0 Å². The zero-order valence-electron chi connectivity index (χ0n) is 11.1. The SMILES string of the molecule is CC1CCOC2(CN(C(=O)OC(C)(C)C)C2)N1. The van der Waals surface area contributed by atoms with Gasteiger partial charge in [-0.1, -0.05) is 0 Å². The third-order valence-corrected chi connectivity index (χ3v) is 2.98. The van der Waals surface area contributed by atoms with Crippen molar-refractivity contribution in [3.05, 3.63) is 0 Å². The van der Waals surface area contributed by atoms with Crippen LogP contribution in [0.4, 0.5) is 4.79 Å². The summed E-state index contributed by atoms with van der Waals surface area (Å²) >= 11 is 0. The van der Waals surface area contributed by atoms with Crippen LogP contribution < -0.4 is 5.32 Å². The van der Waals surface area contributed by atoms with E-state index < -0.39 is 5.60 Å². The van der Waals surface area contributed by atoms with Gasteiger partial charge in [0.2, 0.25) is 0 Å². The maximum Gasteiger partial charge on any atom is 0.410 e. The first-order chi connectivity index (χ1) is 7.80. The largest absolute Gasteiger partial charge is 0.444 e. The van der Waals surface area contributed by atoms with Crippen LogP contribution in [0.2, 0.25) is 0 Å². The lowest BCUT2D eigenvalue weighted by atomic mass is 10.0. The van der Waals surface area contributed by atoms with Crippen LogP contribution in [0, 0.1) is 0 Å². The zero-order valence-corrected chi connectivity index (χ0v) is 11.1. The molecule has 0 aromatic rings. The van der Waals surface area contributed by atoms with E-state index in [1.165, 1.54) is 0 Å². The molecule has 2 aliphatic heterocycles. The van der Waals surface area contributed by atoms with Gasteiger partial charge in [0.15, 0.2) is 5.72 Å². The Kier molecular flexibility index (Phi) is 3.08. The molecule has 5 heteroatoms. The van der Waals surface area contributed by atoms with E-state index in [1.807, 2.05) is 20.8 Å². The quantitative estimate of drug-likeness (QED) is 0.696. The summed E-state index contributed by atoms with van der Waals surface area (Å²) in [4.78, 5) is 13.4. The van der Waals surface area contributed by atoms with Gasteiger partial charge in [-0.3, -0.25) is 10.2 Å². The fourth-order valence-electron chi connectivity index (χ4n) is 2.20. The third-order valence-electron chi connectivity index (χ3n) is 2.98. The standard InChI is InChI=1S/C12H22N2O3/c1-9-5-6-16-12(13-9)7-14(8-12)10(15)17-11(2,3)4/h9,13H,5-8H2,1-4H3. The molecule has 2 aliphatic rings. The molecule has 1 amide bonds. The first-order valence-corrected chi connectivity index (χ1v) is 6.19. The number of nitrogens with one attached hydrogen (secondary N) is 1. The molecule has 1 N–H and O–H groups in total. The summed E-state index contributed by atoms with van der Waals surface area (Å²) in [5.74, 6) is 0. The molecule has 1 atom stereocenters. The van der Waals surface area contributed by atoms with Gasteiger partial charge in [0.05, 0.1) is 19.7 Å². The summed E-state index contributed by atoms with van der Waals surface area (Å²) in [7, 11) is 0. The maximum atomic E-state index is 11.8. The molecule has 2 saturated heterocycles. The van der Waals surface area contributed by atoms with E-state index in [9.17, 15) is 4.79 Å². The number of rotatable bonds is 0. The van der Waals surface area contributed by atoms with Gasteiger partial charge in [-0.2, -0.15) is 0 Å². The Hall–Kier alpha value is -0.810. The smallest absolute Gasteiger partial charge is 0.410 e. The number of hydrogen-bond donors (Lipinski definition) is 1. The highest BCUT2D eigenvalue weighted by Gasteiger charge is 2.49. The molecule has 1 unspecified atom stereocenters. The summed E-state index contributed by atoms with van der Waals surface area (Å²) in [6.07, 6.45) is 0.764. The summed E-state index contributed by atoms with van der Waals surface area (Å²) in [5.41, 5.74) is -0.761. The second kappa shape index (κ2) is 4.14. The van der Waals surface area contributed by atoms with Crippen molar-refractivity contribution in [3.63, 3.8) is 0 Å². The van der Waals surface area contributed by atoms with E-state index in [0.29, 0.717) is 19.1 Å². The Bertz CT molecular complexity index is 305. The summed E-state index contributed by atoms with van der Waals surface area (Å²) in [6.45, 7) is 9.67. The fourth-order valence-corrected chi connectivity index (χ4v) is 2.20. The first kappa shape index (κ1) is 12.6. The molecule has 1 spiro atoms. The number of carbonyl (C=O) groups is 1. The Morgan fingerprint density at radius 1 is 1.47 bits per heavy atom. The van der Waals surface area contributed by atoms with Crippen molar-refractivity contribution in [1.82, 2.24) is 10.2 Å². The molecule has 0 aromatic carbocycles. The van der Waals surface area contributed by atoms with Crippen LogP contribution in [0.15, 0.2) is 0 Å². The molecule has 0 saturated carbocycles. The Morgan fingerprint density at radius 3 is 2.65 bits per heavy atom. The molecule has 0 bridgehead atoms. The lowest BCUT2D eigenvalue weighted by Crippen LogP contribution is -2.74. The van der Waals surface area contributed by atoms with Gasteiger partial charge in [0.1, 0.15) is 5.60 Å². The normalized spacial score (nSPS) is 27.8. The molecule has 0 radical (unpaired) electrons. The van der Waals surface area contributed by atoms with Gasteiger partial charge in [-0.05, 0) is 34.1 Å². The lowest BCUT2D eigenvalue weighted by molar-refractivity contribution is -0.183. The molecule has 2 heterocycles. The van der Waals surface area contributed by atoms with Crippen molar-refractivity contribution in [2.24, 2.45) is 0 Å². The molecule has 0 aliphatic carbocycles. The summed E-state index contributed by atoms with van der Waals surface area (Å²) < 4.78 is 11.0. The van der Waals surface area contributed by atoms with Crippen molar-refractivity contribution >= 4 is 6.09 Å². The van der Waals surface area contributed by atoms with E-state index in [1.54, 1.807) is 4.90 Å². The topological polar surface area (TPSA) is 50.8 Å². The van der Waals surface area contributed by atoms with E-state index >= 15 is 0 Å². The number of ether oxygens (including phenoxy) is 2. The number of carbonyl (C=O) groups excluding carboxylic acids is 1. The molecule has 2 fully saturated rings. The third kappa shape index (κ3) is 2.90. The minimum absolute atomic E-state index is 0.258. The first-order valence-electron chi connectivity index (χ1n) is 6.19. The van der Waals surface area contributed by atoms with Crippen molar-refractivity contribution in [3.8, 4) is 0 Å². The highest BCUT2D eigenvalue weighted by atomic mass is 16.6. The highest BCUT2D eigenvalue weighted by molar-refractivity contribution is 5.69. The predicted molar refractivity (Wildman–Crippen MR) is 63.7 cm³/mol. The highest BCUT2D eigenvalue weighted by Crippen LogP contribution is 2.28. The van der Waals surface area contributed by atoms with Crippen LogP contribution in [-0.4, -0.2) is 48.1 Å². The Balaban J connectivity index is 1.83. The number of amides is 1. The second-order valence-corrected chi connectivity index (χ2v) is 6.01. The van der Waals surface area contributed by atoms with E-state index in [-0.39, 0.29) is 11.8 Å². The Labute approximate surface area is 102 Å². The van der Waals surface area contributed by atoms with E-state index in [0.717, 1.165) is 13.0 Å². The number of hydrogen-bond acceptors (Lipinski definition) is 4. The minimum atomic E-state index is -0.437. The summed E-state index contributed by atoms with van der Waals surface area (Å²) in [6, 6.07) is 0.449. The second-order valence-electron chi connectivity index (χ2n) is 6.01. The maximum absolute atomic E-state index is 11.8. The Morgan fingerprint density at radius 2 is 2.12 bits per heavy atom. The lowest BCUT2D eigenvalue weighted by Gasteiger charge is -2.52. The van der Waals surface area contributed by atoms with Crippen molar-refractivity contribution < 1.29 is 14.3 Å². The van der Waals surface area contributed by atoms with Crippen LogP contribution in [0.25, 0.3) is 0 Å². The van der Waals surface area contributed by atoms with Crippen LogP contribution in [-0.2, 0) is 9.47 Å². The van der Waals surface area contributed by atoms with Crippen LogP contribution in [0.1, 0.15) is 34.1 Å². The zero-order chi connectivity index (χ0) is 12.7. The molecular formula is C12H22N2O3. The van der Waals surface area contributed by atoms with Gasteiger partial charge in [0.25, 0.3) is 0 Å². The predicted octanol–water partition coefficient (Wildman–Crippen LogP) is 1.33. The molecular weight excluding hydrogens is 220 g/mol. The van der Waals surface area contributed by atoms with Crippen LogP contribution in [0.3, 0.4) is 0 Å². The molecule has 2 rings (SSSR count). The van der Waals surface area contributed by atoms with E-state index in [2.05, 4.69) is 12.2 Å². The number of nitrogens with zero attached hydrogens (tertiary/aromatic N) is 1. The van der Waals surface area contributed by atoms with Gasteiger partial charge < -0.3 is 9.47 Å². The van der Waals surface area contributed by atoms with Crippen molar-refractivity contribution in [2.75, 3.05) is 19.7 Å². The molecule has 17 heavy (non-hydrogen) atoms. The van der Waals surface area contributed by atoms with Crippen molar-refractivity contribution in [1.29, 1.82) is 0 Å². The van der Waals surface area contributed by atoms with Gasteiger partial charge in [0, 0.05) is 6.04 Å². The summed E-state index contributed by atoms with van der Waals surface area (Å²) in [5, 5.41) is 3.41. The number of likely N-dealkylation sites (tertiary alicyclic amines) is 1. The van der Waals surface area contributed by atoms with Gasteiger partial charge >= 0.3 is 6.09 Å². The molecule has 98 valence electrons. The average molecular weight is 242 g/mol. The average Bonchev–Trinajstić information content (AvgIpc) is 2.10. The van der Waals surface area contributed by atoms with Gasteiger partial charge in [-0.15, -0.1) is 0 Å². The van der Waals surface area contributed by atoms with Gasteiger partial charge in [-0.25, -0.2) is 4.79 Å².